The predicted octanol–water partition coefficient (Wildman–Crippen LogP) is 3.45. The lowest BCUT2D eigenvalue weighted by molar-refractivity contribution is -0.140. The van der Waals surface area contributed by atoms with Gasteiger partial charge in [0.2, 0.25) is 0 Å². The van der Waals surface area contributed by atoms with Gasteiger partial charge in [-0.15, -0.1) is 0 Å². The van der Waals surface area contributed by atoms with E-state index in [4.69, 9.17) is 4.74 Å². The molecule has 0 aliphatic rings. The highest BCUT2D eigenvalue weighted by Crippen LogP contribution is 2.35. The average Bonchev–Trinajstić information content (AvgIpc) is 2.55. The molecular weight excluding hydrogens is 376 g/mol. The molecular formula is C21H36N2O4S. The second-order valence-electron chi connectivity index (χ2n) is 9.22. The largest absolute Gasteiger partial charge is 0.480 e. The van der Waals surface area contributed by atoms with E-state index < -0.39 is 28.1 Å². The van der Waals surface area contributed by atoms with Gasteiger partial charge in [0, 0.05) is 6.54 Å². The quantitative estimate of drug-likeness (QED) is 0.548. The molecule has 0 bridgehead atoms. The zero-order valence-electron chi connectivity index (χ0n) is 18.0. The molecule has 160 valence electrons. The Morgan fingerprint density at radius 1 is 1.14 bits per heavy atom. The van der Waals surface area contributed by atoms with Gasteiger partial charge in [0.15, 0.2) is 0 Å². The molecule has 1 aromatic carbocycles. The van der Waals surface area contributed by atoms with Crippen LogP contribution in [-0.2, 0) is 16.1 Å². The van der Waals surface area contributed by atoms with Crippen LogP contribution in [0.1, 0.15) is 32.8 Å². The van der Waals surface area contributed by atoms with Gasteiger partial charge in [-0.25, -0.2) is 14.8 Å². The summed E-state index contributed by atoms with van der Waals surface area (Å²) in [6.07, 6.45) is 6.53. The Balaban J connectivity index is 2.66. The summed E-state index contributed by atoms with van der Waals surface area (Å²) in [4.78, 5) is 23.8. The maximum atomic E-state index is 12.3. The Labute approximate surface area is 170 Å². The molecule has 3 N–H and O–H groups in total. The molecule has 28 heavy (non-hydrogen) atoms. The zero-order valence-corrected chi connectivity index (χ0v) is 18.8. The number of aliphatic carboxylic acids is 1. The van der Waals surface area contributed by atoms with Gasteiger partial charge < -0.3 is 20.5 Å². The number of carbonyl (C=O) groups is 2. The lowest BCUT2D eigenvalue weighted by atomic mass is 9.88. The summed E-state index contributed by atoms with van der Waals surface area (Å²) >= 11 is 0. The molecule has 1 aromatic rings. The van der Waals surface area contributed by atoms with Gasteiger partial charge in [-0.2, -0.15) is 0 Å². The van der Waals surface area contributed by atoms with Crippen LogP contribution < -0.4 is 10.6 Å². The molecule has 0 heterocycles. The monoisotopic (exact) mass is 412 g/mol. The molecule has 7 heteroatoms. The van der Waals surface area contributed by atoms with Crippen molar-refractivity contribution in [1.29, 1.82) is 0 Å². The fraction of sp³-hybridized carbons (Fsp3) is 0.619. The van der Waals surface area contributed by atoms with E-state index in [0.29, 0.717) is 13.0 Å². The molecule has 1 rings (SSSR count). The van der Waals surface area contributed by atoms with E-state index in [1.54, 1.807) is 0 Å². The van der Waals surface area contributed by atoms with Crippen LogP contribution in [0.2, 0.25) is 0 Å². The summed E-state index contributed by atoms with van der Waals surface area (Å²) < 4.78 is 5.32. The molecule has 2 atom stereocenters. The molecule has 0 saturated heterocycles. The van der Waals surface area contributed by atoms with Gasteiger partial charge in [0.25, 0.3) is 0 Å². The first-order valence-electron chi connectivity index (χ1n) is 9.45. The smallest absolute Gasteiger partial charge is 0.407 e. The predicted molar refractivity (Wildman–Crippen MR) is 117 cm³/mol. The number of carboxylic acid groups (broad SMARTS) is 1. The van der Waals surface area contributed by atoms with Crippen molar-refractivity contribution < 1.29 is 19.4 Å². The van der Waals surface area contributed by atoms with E-state index in [-0.39, 0.29) is 18.1 Å². The molecule has 0 unspecified atom stereocenters. The lowest BCUT2D eigenvalue weighted by Gasteiger charge is -2.32. The number of hydrogen-bond donors (Lipinski definition) is 3. The summed E-state index contributed by atoms with van der Waals surface area (Å²) in [5, 5.41) is 15.5. The summed E-state index contributed by atoms with van der Waals surface area (Å²) in [5.74, 6) is -0.0918. The molecule has 0 radical (unpaired) electrons. The van der Waals surface area contributed by atoms with Gasteiger partial charge in [-0.1, -0.05) is 51.1 Å². The van der Waals surface area contributed by atoms with E-state index in [9.17, 15) is 14.7 Å². The zero-order chi connectivity index (χ0) is 21.4. The fourth-order valence-corrected chi connectivity index (χ4v) is 4.24. The Morgan fingerprint density at radius 3 is 2.25 bits per heavy atom. The number of rotatable bonds is 10. The summed E-state index contributed by atoms with van der Waals surface area (Å²) in [6, 6.07) is 8.65. The second kappa shape index (κ2) is 10.7. The Bertz CT molecular complexity index is 624. The first-order valence-corrected chi connectivity index (χ1v) is 12.5. The molecule has 0 aliphatic carbocycles. The van der Waals surface area contributed by atoms with Crippen molar-refractivity contribution in [2.45, 2.75) is 45.9 Å². The van der Waals surface area contributed by atoms with Gasteiger partial charge >= 0.3 is 12.1 Å². The summed E-state index contributed by atoms with van der Waals surface area (Å²) in [7, 11) is -0.897. The van der Waals surface area contributed by atoms with E-state index in [2.05, 4.69) is 29.4 Å². The van der Waals surface area contributed by atoms with E-state index >= 15 is 0 Å². The first kappa shape index (κ1) is 24.3. The van der Waals surface area contributed by atoms with Crippen LogP contribution >= 0.6 is 10.0 Å². The highest BCUT2D eigenvalue weighted by Gasteiger charge is 2.26. The van der Waals surface area contributed by atoms with Crippen molar-refractivity contribution in [3.05, 3.63) is 35.9 Å². The molecule has 0 aliphatic heterocycles. The Morgan fingerprint density at radius 2 is 1.75 bits per heavy atom. The van der Waals surface area contributed by atoms with E-state index in [1.165, 1.54) is 0 Å². The van der Waals surface area contributed by atoms with Crippen molar-refractivity contribution >= 4 is 22.1 Å². The summed E-state index contributed by atoms with van der Waals surface area (Å²) in [6.45, 7) is 6.64. The van der Waals surface area contributed by atoms with Crippen molar-refractivity contribution in [3.63, 3.8) is 0 Å². The van der Waals surface area contributed by atoms with Crippen LogP contribution in [0.3, 0.4) is 0 Å². The van der Waals surface area contributed by atoms with Gasteiger partial charge in [-0.3, -0.25) is 4.79 Å². The van der Waals surface area contributed by atoms with Crippen molar-refractivity contribution in [2.24, 2.45) is 5.41 Å². The van der Waals surface area contributed by atoms with Crippen LogP contribution in [0.25, 0.3) is 0 Å². The number of carboxylic acids is 1. The van der Waals surface area contributed by atoms with Crippen molar-refractivity contribution in [1.82, 2.24) is 10.6 Å². The van der Waals surface area contributed by atoms with Crippen molar-refractivity contribution in [2.75, 3.05) is 31.1 Å². The minimum atomic E-state index is -0.897. The topological polar surface area (TPSA) is 87.7 Å². The SMILES string of the molecule is CC(C)(C)C[C@H](NC[C@H](CS(C)(C)C)NC(=O)OCc1ccccc1)C(=O)O. The van der Waals surface area contributed by atoms with Crippen LogP contribution in [0.5, 0.6) is 0 Å². The van der Waals surface area contributed by atoms with Crippen LogP contribution in [0.4, 0.5) is 4.79 Å². The minimum Gasteiger partial charge on any atom is -0.480 e. The number of amides is 1. The van der Waals surface area contributed by atoms with Crippen molar-refractivity contribution in [3.8, 4) is 0 Å². The average molecular weight is 413 g/mol. The molecule has 0 spiro atoms. The molecule has 1 amide bonds. The first-order chi connectivity index (χ1) is 12.9. The number of carbonyl (C=O) groups excluding carboxylic acids is 1. The normalized spacial score (nSPS) is 14.8. The highest BCUT2D eigenvalue weighted by atomic mass is 32.3. The molecule has 0 aromatic heterocycles. The third-order valence-corrected chi connectivity index (χ3v) is 5.36. The minimum absolute atomic E-state index is 0.108. The fourth-order valence-electron chi connectivity index (χ4n) is 2.83. The van der Waals surface area contributed by atoms with Gasteiger partial charge in [0.05, 0.1) is 6.04 Å². The lowest BCUT2D eigenvalue weighted by Crippen LogP contribution is -2.50. The van der Waals surface area contributed by atoms with Gasteiger partial charge in [0.1, 0.15) is 12.6 Å². The van der Waals surface area contributed by atoms with E-state index in [1.807, 2.05) is 51.1 Å². The van der Waals surface area contributed by atoms with Crippen LogP contribution in [0.15, 0.2) is 30.3 Å². The molecule has 0 fully saturated rings. The Kier molecular flexibility index (Phi) is 9.30. The maximum Gasteiger partial charge on any atom is 0.407 e. The standard InChI is InChI=1S/C21H36N2O4S/c1-21(2,3)12-18(19(24)25)22-13-17(15-28(4,5)6)23-20(26)27-14-16-10-8-7-9-11-16/h7-11,17-18,22H,12-15H2,1-6H3,(H,23,26)(H,24,25)/t17-,18+/m1/s1. The highest BCUT2D eigenvalue weighted by molar-refractivity contribution is 8.32. The van der Waals surface area contributed by atoms with Gasteiger partial charge in [-0.05, 0) is 41.9 Å². The Hall–Kier alpha value is -1.73. The van der Waals surface area contributed by atoms with Crippen LogP contribution in [-0.4, -0.2) is 60.3 Å². The number of alkyl carbamates (subject to hydrolysis) is 1. The number of ether oxygens (including phenoxy) is 1. The molecule has 6 nitrogen and oxygen atoms in total. The number of benzene rings is 1. The van der Waals surface area contributed by atoms with Crippen LogP contribution in [0, 0.1) is 5.41 Å². The third-order valence-electron chi connectivity index (χ3n) is 3.96. The summed E-state index contributed by atoms with van der Waals surface area (Å²) in [5.41, 5.74) is 0.813. The van der Waals surface area contributed by atoms with E-state index in [0.717, 1.165) is 11.3 Å². The number of nitrogens with one attached hydrogen (secondary N) is 2. The second-order valence-corrected chi connectivity index (χ2v) is 13.7. The number of hydrogen-bond acceptors (Lipinski definition) is 4. The molecule has 0 saturated carbocycles. The maximum absolute atomic E-state index is 12.3. The third kappa shape index (κ3) is 11.2.